The van der Waals surface area contributed by atoms with Crippen LogP contribution in [0.4, 0.5) is 5.82 Å². The number of nitrogens with one attached hydrogen (secondary N) is 1. The fraction of sp³-hybridized carbons (Fsp3) is 0.688. The monoisotopic (exact) mass is 259 g/mol. The molecule has 19 heavy (non-hydrogen) atoms. The minimum atomic E-state index is 0.760. The molecule has 1 aliphatic heterocycles. The van der Waals surface area contributed by atoms with Crippen LogP contribution in [0.5, 0.6) is 0 Å². The maximum atomic E-state index is 4.85. The second-order valence-corrected chi connectivity index (χ2v) is 6.04. The molecule has 0 radical (unpaired) electrons. The van der Waals surface area contributed by atoms with Gasteiger partial charge in [-0.05, 0) is 50.8 Å². The molecule has 3 rings (SSSR count). The molecule has 1 aromatic heterocycles. The van der Waals surface area contributed by atoms with E-state index >= 15 is 0 Å². The molecule has 1 saturated heterocycles. The second-order valence-electron chi connectivity index (χ2n) is 6.04. The van der Waals surface area contributed by atoms with Crippen LogP contribution in [0.25, 0.3) is 0 Å². The minimum Gasteiger partial charge on any atom is -0.353 e. The molecule has 0 aromatic carbocycles. The van der Waals surface area contributed by atoms with Gasteiger partial charge >= 0.3 is 0 Å². The summed E-state index contributed by atoms with van der Waals surface area (Å²) in [5.41, 5.74) is 2.48. The van der Waals surface area contributed by atoms with Gasteiger partial charge in [-0.15, -0.1) is 0 Å². The first kappa shape index (κ1) is 12.9. The average Bonchev–Trinajstić information content (AvgIpc) is 2.85. The molecule has 2 unspecified atom stereocenters. The molecule has 2 fully saturated rings. The molecular formula is C16H25N3. The lowest BCUT2D eigenvalue weighted by Gasteiger charge is -2.32. The first-order valence-corrected chi connectivity index (χ1v) is 7.67. The van der Waals surface area contributed by atoms with Crippen molar-refractivity contribution in [2.24, 2.45) is 5.92 Å². The second kappa shape index (κ2) is 5.49. The zero-order valence-electron chi connectivity index (χ0n) is 12.2. The topological polar surface area (TPSA) is 28.2 Å². The zero-order chi connectivity index (χ0) is 13.2. The summed E-state index contributed by atoms with van der Waals surface area (Å²) >= 11 is 0. The van der Waals surface area contributed by atoms with Crippen molar-refractivity contribution in [3.05, 3.63) is 23.4 Å². The third kappa shape index (κ3) is 2.48. The number of fused-ring (bicyclic) bond motifs is 1. The molecule has 104 valence electrons. The van der Waals surface area contributed by atoms with Gasteiger partial charge in [0.2, 0.25) is 0 Å². The zero-order valence-corrected chi connectivity index (χ0v) is 12.2. The van der Waals surface area contributed by atoms with Crippen molar-refractivity contribution < 1.29 is 0 Å². The summed E-state index contributed by atoms with van der Waals surface area (Å²) in [5.74, 6) is 2.12. The van der Waals surface area contributed by atoms with Crippen molar-refractivity contribution in [2.75, 3.05) is 18.5 Å². The van der Waals surface area contributed by atoms with E-state index in [0.29, 0.717) is 0 Å². The van der Waals surface area contributed by atoms with E-state index in [0.717, 1.165) is 18.5 Å². The largest absolute Gasteiger partial charge is 0.353 e. The number of aryl methyl sites for hydroxylation is 1. The summed E-state index contributed by atoms with van der Waals surface area (Å²) in [4.78, 5) is 7.42. The van der Waals surface area contributed by atoms with Crippen molar-refractivity contribution in [3.63, 3.8) is 0 Å². The molecule has 2 aliphatic rings. The first-order chi connectivity index (χ1) is 9.29. The standard InChI is InChI=1S/C16H25N3/c1-12-14(11-17-2)7-8-16(18-12)19-10-9-13-5-3-4-6-15(13)19/h7-8,13,15,17H,3-6,9-11H2,1-2H3. The quantitative estimate of drug-likeness (QED) is 0.904. The van der Waals surface area contributed by atoms with Crippen molar-refractivity contribution in [1.29, 1.82) is 0 Å². The molecular weight excluding hydrogens is 234 g/mol. The summed E-state index contributed by atoms with van der Waals surface area (Å²) in [5, 5.41) is 3.21. The van der Waals surface area contributed by atoms with Gasteiger partial charge in [0.25, 0.3) is 0 Å². The Morgan fingerprint density at radius 2 is 2.11 bits per heavy atom. The van der Waals surface area contributed by atoms with E-state index in [9.17, 15) is 0 Å². The summed E-state index contributed by atoms with van der Waals surface area (Å²) in [7, 11) is 1.99. The number of hydrogen-bond donors (Lipinski definition) is 1. The lowest BCUT2D eigenvalue weighted by Crippen LogP contribution is -2.35. The van der Waals surface area contributed by atoms with Crippen molar-refractivity contribution >= 4 is 5.82 Å². The predicted octanol–water partition coefficient (Wildman–Crippen LogP) is 2.88. The molecule has 1 saturated carbocycles. The number of nitrogens with zero attached hydrogens (tertiary/aromatic N) is 2. The summed E-state index contributed by atoms with van der Waals surface area (Å²) in [6.45, 7) is 4.24. The maximum Gasteiger partial charge on any atom is 0.129 e. The molecule has 1 N–H and O–H groups in total. The Morgan fingerprint density at radius 3 is 2.89 bits per heavy atom. The van der Waals surface area contributed by atoms with Crippen molar-refractivity contribution in [3.8, 4) is 0 Å². The van der Waals surface area contributed by atoms with Crippen LogP contribution in [0.15, 0.2) is 12.1 Å². The van der Waals surface area contributed by atoms with Crippen LogP contribution in [0.1, 0.15) is 43.4 Å². The fourth-order valence-corrected chi connectivity index (χ4v) is 3.80. The number of hydrogen-bond acceptors (Lipinski definition) is 3. The number of rotatable bonds is 3. The van der Waals surface area contributed by atoms with Gasteiger partial charge in [-0.25, -0.2) is 4.98 Å². The van der Waals surface area contributed by atoms with E-state index < -0.39 is 0 Å². The summed E-state index contributed by atoms with van der Waals surface area (Å²) in [6.07, 6.45) is 6.99. The van der Waals surface area contributed by atoms with Crippen LogP contribution in [0.2, 0.25) is 0 Å². The minimum absolute atomic E-state index is 0.760. The lowest BCUT2D eigenvalue weighted by molar-refractivity contribution is 0.341. The Kier molecular flexibility index (Phi) is 3.74. The molecule has 0 spiro atoms. The highest BCUT2D eigenvalue weighted by molar-refractivity contribution is 5.44. The van der Waals surface area contributed by atoms with E-state index in [1.54, 1.807) is 0 Å². The van der Waals surface area contributed by atoms with Crippen molar-refractivity contribution in [1.82, 2.24) is 10.3 Å². The highest BCUT2D eigenvalue weighted by Crippen LogP contribution is 2.38. The van der Waals surface area contributed by atoms with E-state index in [-0.39, 0.29) is 0 Å². The number of anilines is 1. The number of pyridine rings is 1. The molecule has 1 aliphatic carbocycles. The van der Waals surface area contributed by atoms with Crippen LogP contribution in [-0.2, 0) is 6.54 Å². The lowest BCUT2D eigenvalue weighted by atomic mass is 9.85. The van der Waals surface area contributed by atoms with Gasteiger partial charge in [-0.2, -0.15) is 0 Å². The summed E-state index contributed by atoms with van der Waals surface area (Å²) in [6, 6.07) is 5.22. The first-order valence-electron chi connectivity index (χ1n) is 7.67. The van der Waals surface area contributed by atoms with Crippen LogP contribution < -0.4 is 10.2 Å². The van der Waals surface area contributed by atoms with Gasteiger partial charge in [-0.3, -0.25) is 0 Å². The molecule has 3 heteroatoms. The average molecular weight is 259 g/mol. The highest BCUT2D eigenvalue weighted by Gasteiger charge is 2.36. The van der Waals surface area contributed by atoms with E-state index in [4.69, 9.17) is 4.98 Å². The predicted molar refractivity (Wildman–Crippen MR) is 79.4 cm³/mol. The van der Waals surface area contributed by atoms with E-state index in [1.165, 1.54) is 55.7 Å². The third-order valence-corrected chi connectivity index (χ3v) is 4.85. The SMILES string of the molecule is CNCc1ccc(N2CCC3CCCCC32)nc1C. The normalized spacial score (nSPS) is 26.5. The van der Waals surface area contributed by atoms with E-state index in [1.807, 2.05) is 7.05 Å². The van der Waals surface area contributed by atoms with Gasteiger partial charge in [0.15, 0.2) is 0 Å². The van der Waals surface area contributed by atoms with Crippen molar-refractivity contribution in [2.45, 2.75) is 51.6 Å². The Balaban J connectivity index is 1.80. The Labute approximate surface area is 116 Å². The van der Waals surface area contributed by atoms with Gasteiger partial charge in [-0.1, -0.05) is 18.9 Å². The maximum absolute atomic E-state index is 4.85. The smallest absolute Gasteiger partial charge is 0.129 e. The van der Waals surface area contributed by atoms with Gasteiger partial charge in [0.05, 0.1) is 0 Å². The van der Waals surface area contributed by atoms with Crippen LogP contribution in [-0.4, -0.2) is 24.6 Å². The molecule has 2 heterocycles. The van der Waals surface area contributed by atoms with Crippen LogP contribution in [0.3, 0.4) is 0 Å². The molecule has 1 aromatic rings. The molecule has 0 bridgehead atoms. The Hall–Kier alpha value is -1.09. The summed E-state index contributed by atoms with van der Waals surface area (Å²) < 4.78 is 0. The van der Waals surface area contributed by atoms with Crippen LogP contribution in [0, 0.1) is 12.8 Å². The Morgan fingerprint density at radius 1 is 1.26 bits per heavy atom. The molecule has 2 atom stereocenters. The molecule has 3 nitrogen and oxygen atoms in total. The van der Waals surface area contributed by atoms with Crippen LogP contribution >= 0.6 is 0 Å². The number of aromatic nitrogens is 1. The third-order valence-electron chi connectivity index (χ3n) is 4.85. The fourth-order valence-electron chi connectivity index (χ4n) is 3.80. The van der Waals surface area contributed by atoms with Gasteiger partial charge < -0.3 is 10.2 Å². The van der Waals surface area contributed by atoms with Gasteiger partial charge in [0, 0.05) is 24.8 Å². The highest BCUT2D eigenvalue weighted by atomic mass is 15.2. The van der Waals surface area contributed by atoms with Gasteiger partial charge in [0.1, 0.15) is 5.82 Å². The molecule has 0 amide bonds. The van der Waals surface area contributed by atoms with E-state index in [2.05, 4.69) is 29.3 Å². The Bertz CT molecular complexity index is 444.